The second-order valence-corrected chi connectivity index (χ2v) is 14.6. The summed E-state index contributed by atoms with van der Waals surface area (Å²) in [7, 11) is 0. The number of imidazole rings is 1. The minimum Gasteiger partial charge on any atom is -0.399 e. The van der Waals surface area contributed by atoms with Crippen LogP contribution in [0.1, 0.15) is 85.3 Å². The summed E-state index contributed by atoms with van der Waals surface area (Å²) in [5, 5.41) is 9.40. The third-order valence-corrected chi connectivity index (χ3v) is 10.6. The topological polar surface area (TPSA) is 129 Å². The Morgan fingerprint density at radius 3 is 2.46 bits per heavy atom. The average molecular weight is 721 g/mol. The fourth-order valence-electron chi connectivity index (χ4n) is 7.40. The van der Waals surface area contributed by atoms with Gasteiger partial charge >= 0.3 is 0 Å². The van der Waals surface area contributed by atoms with Crippen molar-refractivity contribution in [1.29, 1.82) is 0 Å². The van der Waals surface area contributed by atoms with Crippen LogP contribution in [0.5, 0.6) is 0 Å². The number of benzene rings is 3. The van der Waals surface area contributed by atoms with Crippen LogP contribution in [0.15, 0.2) is 104 Å². The molecule has 10 heteroatoms. The van der Waals surface area contributed by atoms with Gasteiger partial charge in [0.25, 0.3) is 0 Å². The lowest BCUT2D eigenvalue weighted by Gasteiger charge is -2.36. The molecule has 54 heavy (non-hydrogen) atoms. The van der Waals surface area contributed by atoms with Gasteiger partial charge in [-0.2, -0.15) is 5.10 Å². The summed E-state index contributed by atoms with van der Waals surface area (Å²) in [5.41, 5.74) is 23.0. The first-order valence-electron chi connectivity index (χ1n) is 19.1. The van der Waals surface area contributed by atoms with E-state index < -0.39 is 0 Å². The Bertz CT molecular complexity index is 2290. The first-order chi connectivity index (χ1) is 26.2. The molecule has 1 fully saturated rings. The molecule has 0 bridgehead atoms. The van der Waals surface area contributed by atoms with E-state index in [1.165, 1.54) is 28.8 Å². The number of piperidine rings is 1. The lowest BCUT2D eigenvalue weighted by molar-refractivity contribution is 0.252. The van der Waals surface area contributed by atoms with Crippen molar-refractivity contribution in [3.05, 3.63) is 138 Å². The maximum absolute atomic E-state index is 6.27. The highest BCUT2D eigenvalue weighted by atomic mass is 15.3. The summed E-state index contributed by atoms with van der Waals surface area (Å²) in [6, 6.07) is 23.5. The van der Waals surface area contributed by atoms with E-state index in [1.807, 2.05) is 29.9 Å². The van der Waals surface area contributed by atoms with Gasteiger partial charge in [0, 0.05) is 66.2 Å². The number of rotatable bonds is 15. The van der Waals surface area contributed by atoms with Crippen molar-refractivity contribution in [1.82, 2.24) is 39.5 Å². The third-order valence-electron chi connectivity index (χ3n) is 10.6. The number of unbranched alkanes of at least 4 members (excludes halogenated alkanes) is 1. The van der Waals surface area contributed by atoms with Crippen molar-refractivity contribution in [2.75, 3.05) is 18.8 Å². The van der Waals surface area contributed by atoms with E-state index in [9.17, 15) is 0 Å². The van der Waals surface area contributed by atoms with Crippen LogP contribution in [-0.2, 0) is 19.5 Å². The zero-order valence-corrected chi connectivity index (χ0v) is 31.7. The van der Waals surface area contributed by atoms with Gasteiger partial charge < -0.3 is 26.3 Å². The van der Waals surface area contributed by atoms with Gasteiger partial charge in [-0.1, -0.05) is 87.7 Å². The van der Waals surface area contributed by atoms with E-state index in [2.05, 4.69) is 106 Å². The van der Waals surface area contributed by atoms with E-state index in [4.69, 9.17) is 21.5 Å². The Labute approximate surface area is 318 Å². The van der Waals surface area contributed by atoms with Gasteiger partial charge in [-0.05, 0) is 67.9 Å². The Morgan fingerprint density at radius 2 is 1.70 bits per heavy atom. The van der Waals surface area contributed by atoms with Crippen LogP contribution in [-0.4, -0.2) is 47.3 Å². The molecule has 0 saturated carbocycles. The largest absolute Gasteiger partial charge is 0.399 e. The summed E-state index contributed by atoms with van der Waals surface area (Å²) in [6.07, 6.45) is 9.03. The molecule has 3 aromatic carbocycles. The first-order valence-corrected chi connectivity index (χ1v) is 19.1. The van der Waals surface area contributed by atoms with Crippen molar-refractivity contribution in [2.45, 2.75) is 77.8 Å². The standard InChI is InChI=1S/C44H52N10/c1-6-7-13-40-49-43(46)42-44(50-40)53(32(5)48-42)26-34-18-16-33(17-19-34)25-47-29(2)14-15-30(3)52-24-9-11-36(27-52)35-20-22-38(23-21-35)54-28-37-10-8-12-39(31(4)45)41(37)51-54/h8,10,12,16-23,28,36,47H,2-4,6-7,9,11,13-15,24-27,45H2,1,5H3,(H2,46,49,50)/t36-/m1/s1. The Morgan fingerprint density at radius 1 is 0.926 bits per heavy atom. The Balaban J connectivity index is 0.887. The van der Waals surface area contributed by atoms with E-state index in [1.54, 1.807) is 0 Å². The summed E-state index contributed by atoms with van der Waals surface area (Å²) in [4.78, 5) is 16.5. The monoisotopic (exact) mass is 720 g/mol. The van der Waals surface area contributed by atoms with Crippen LogP contribution >= 0.6 is 0 Å². The Kier molecular flexibility index (Phi) is 10.8. The summed E-state index contributed by atoms with van der Waals surface area (Å²) in [5.74, 6) is 2.58. The minimum absolute atomic E-state index is 0.454. The highest BCUT2D eigenvalue weighted by Crippen LogP contribution is 2.31. The maximum atomic E-state index is 6.27. The molecular formula is C44H52N10. The second kappa shape index (κ2) is 16.0. The van der Waals surface area contributed by atoms with Crippen LogP contribution in [0.3, 0.4) is 0 Å². The van der Waals surface area contributed by atoms with Gasteiger partial charge in [0.2, 0.25) is 0 Å². The number of nitrogens with zero attached hydrogens (tertiary/aromatic N) is 7. The molecule has 1 atom stereocenters. The zero-order chi connectivity index (χ0) is 37.8. The molecule has 0 amide bonds. The number of nitrogen functional groups attached to an aromatic ring is 1. The fourth-order valence-corrected chi connectivity index (χ4v) is 7.40. The van der Waals surface area contributed by atoms with E-state index in [0.717, 1.165) is 103 Å². The number of allylic oxidation sites excluding steroid dienone is 2. The highest BCUT2D eigenvalue weighted by Gasteiger charge is 2.22. The van der Waals surface area contributed by atoms with Gasteiger partial charge in [-0.3, -0.25) is 0 Å². The van der Waals surface area contributed by atoms with Crippen LogP contribution in [0, 0.1) is 6.92 Å². The molecule has 1 saturated heterocycles. The lowest BCUT2D eigenvalue weighted by Crippen LogP contribution is -2.33. The number of fused-ring (bicyclic) bond motifs is 2. The smallest absolute Gasteiger partial charge is 0.166 e. The molecule has 5 N–H and O–H groups in total. The summed E-state index contributed by atoms with van der Waals surface area (Å²) in [6.45, 7) is 20.3. The molecule has 1 aliphatic heterocycles. The maximum Gasteiger partial charge on any atom is 0.166 e. The van der Waals surface area contributed by atoms with Crippen molar-refractivity contribution >= 4 is 33.6 Å². The quantitative estimate of drug-likeness (QED) is 0.0970. The van der Waals surface area contributed by atoms with Crippen LogP contribution in [0.4, 0.5) is 5.82 Å². The number of likely N-dealkylation sites (tertiary alicyclic amines) is 1. The molecule has 3 aromatic heterocycles. The van der Waals surface area contributed by atoms with Gasteiger partial charge in [-0.15, -0.1) is 0 Å². The van der Waals surface area contributed by atoms with Crippen LogP contribution in [0.25, 0.3) is 33.5 Å². The predicted octanol–water partition coefficient (Wildman–Crippen LogP) is 8.15. The van der Waals surface area contributed by atoms with E-state index in [0.29, 0.717) is 29.5 Å². The fraction of sp³-hybridized carbons (Fsp3) is 0.318. The van der Waals surface area contributed by atoms with Gasteiger partial charge in [-0.25, -0.2) is 19.6 Å². The molecule has 0 radical (unpaired) electrons. The summed E-state index contributed by atoms with van der Waals surface area (Å²) < 4.78 is 4.05. The molecule has 278 valence electrons. The average Bonchev–Trinajstić information content (AvgIpc) is 3.77. The molecule has 0 aliphatic carbocycles. The van der Waals surface area contributed by atoms with Gasteiger partial charge in [0.1, 0.15) is 17.2 Å². The highest BCUT2D eigenvalue weighted by molar-refractivity contribution is 5.89. The number of nitrogens with one attached hydrogen (secondary N) is 1. The predicted molar refractivity (Wildman–Crippen MR) is 221 cm³/mol. The van der Waals surface area contributed by atoms with Gasteiger partial charge in [0.15, 0.2) is 17.0 Å². The SMILES string of the molecule is C=C(CCC(=C)N1CCC[C@@H](c2ccc(-n3cc4cccc(C(=C)N)c4n3)cc2)C1)NCc1ccc(Cn2c(C)nc3c(N)nc(CCCC)nc32)cc1. The number of anilines is 1. The van der Waals surface area contributed by atoms with Crippen LogP contribution in [0.2, 0.25) is 0 Å². The molecule has 6 aromatic rings. The Hall–Kier alpha value is -5.90. The van der Waals surface area contributed by atoms with Gasteiger partial charge in [0.05, 0.1) is 12.2 Å². The zero-order valence-electron chi connectivity index (χ0n) is 31.7. The molecule has 1 aliphatic rings. The third kappa shape index (κ3) is 8.02. The number of aromatic nitrogens is 6. The molecule has 4 heterocycles. The van der Waals surface area contributed by atoms with Crippen molar-refractivity contribution in [2.24, 2.45) is 5.73 Å². The lowest BCUT2D eigenvalue weighted by atomic mass is 9.90. The van der Waals surface area contributed by atoms with Crippen molar-refractivity contribution in [3.63, 3.8) is 0 Å². The van der Waals surface area contributed by atoms with Crippen LogP contribution < -0.4 is 16.8 Å². The molecular weight excluding hydrogens is 669 g/mol. The first kappa shape index (κ1) is 36.5. The van der Waals surface area contributed by atoms with Crippen molar-refractivity contribution in [3.8, 4) is 5.69 Å². The molecule has 0 unspecified atom stereocenters. The molecule has 10 nitrogen and oxygen atoms in total. The number of hydrogen-bond donors (Lipinski definition) is 3. The normalized spacial score (nSPS) is 14.5. The van der Waals surface area contributed by atoms with Crippen molar-refractivity contribution < 1.29 is 0 Å². The number of aryl methyl sites for hydroxylation is 2. The second-order valence-electron chi connectivity index (χ2n) is 14.6. The number of nitrogens with two attached hydrogens (primary N) is 2. The summed E-state index contributed by atoms with van der Waals surface area (Å²) >= 11 is 0. The van der Waals surface area contributed by atoms with E-state index in [-0.39, 0.29) is 0 Å². The molecule has 0 spiro atoms. The van der Waals surface area contributed by atoms with E-state index >= 15 is 0 Å². The molecule has 7 rings (SSSR count). The minimum atomic E-state index is 0.454. The number of hydrogen-bond acceptors (Lipinski definition) is 8.